The SMILES string of the molecule is Cc1occc1-c1nnc(SCC(=O)Nc2ccccc2Oc2ccccc2)o1. The minimum atomic E-state index is -0.210. The number of furan rings is 1. The molecular formula is C21H17N3O4S. The number of aromatic nitrogens is 2. The van der Waals surface area contributed by atoms with Crippen LogP contribution in [0.1, 0.15) is 5.76 Å². The van der Waals surface area contributed by atoms with Crippen molar-refractivity contribution < 1.29 is 18.4 Å². The van der Waals surface area contributed by atoms with Crippen molar-refractivity contribution >= 4 is 23.4 Å². The van der Waals surface area contributed by atoms with Crippen molar-refractivity contribution in [2.75, 3.05) is 11.1 Å². The third-order valence-corrected chi connectivity index (χ3v) is 4.77. The molecule has 0 unspecified atom stereocenters. The number of amides is 1. The maximum Gasteiger partial charge on any atom is 0.277 e. The van der Waals surface area contributed by atoms with Crippen LogP contribution in [0.3, 0.4) is 0 Å². The van der Waals surface area contributed by atoms with Crippen molar-refractivity contribution in [3.63, 3.8) is 0 Å². The van der Waals surface area contributed by atoms with Gasteiger partial charge in [0.05, 0.1) is 23.3 Å². The smallest absolute Gasteiger partial charge is 0.277 e. The van der Waals surface area contributed by atoms with Crippen molar-refractivity contribution in [2.24, 2.45) is 0 Å². The monoisotopic (exact) mass is 407 g/mol. The summed E-state index contributed by atoms with van der Waals surface area (Å²) >= 11 is 1.16. The Kier molecular flexibility index (Phi) is 5.62. The molecule has 0 bridgehead atoms. The normalized spacial score (nSPS) is 10.7. The average molecular weight is 407 g/mol. The number of hydrogen-bond acceptors (Lipinski definition) is 7. The first kappa shape index (κ1) is 18.8. The maximum absolute atomic E-state index is 12.4. The number of nitrogens with one attached hydrogen (secondary N) is 1. The highest BCUT2D eigenvalue weighted by atomic mass is 32.2. The van der Waals surface area contributed by atoms with Crippen LogP contribution in [-0.4, -0.2) is 21.9 Å². The van der Waals surface area contributed by atoms with Crippen LogP contribution in [-0.2, 0) is 4.79 Å². The summed E-state index contributed by atoms with van der Waals surface area (Å²) in [4.78, 5) is 12.4. The number of aryl methyl sites for hydroxylation is 1. The lowest BCUT2D eigenvalue weighted by Crippen LogP contribution is -2.14. The van der Waals surface area contributed by atoms with E-state index in [2.05, 4.69) is 15.5 Å². The van der Waals surface area contributed by atoms with E-state index in [1.807, 2.05) is 49.4 Å². The largest absolute Gasteiger partial charge is 0.469 e. The zero-order chi connectivity index (χ0) is 20.1. The molecule has 0 atom stereocenters. The Morgan fingerprint density at radius 1 is 1.07 bits per heavy atom. The standard InChI is InChI=1S/C21H17N3O4S/c1-14-16(11-12-26-14)20-23-24-21(28-20)29-13-19(25)22-17-9-5-6-10-18(17)27-15-7-3-2-4-8-15/h2-12H,13H2,1H3,(H,22,25). The molecule has 7 nitrogen and oxygen atoms in total. The molecule has 29 heavy (non-hydrogen) atoms. The van der Waals surface area contributed by atoms with E-state index >= 15 is 0 Å². The summed E-state index contributed by atoms with van der Waals surface area (Å²) in [7, 11) is 0. The van der Waals surface area contributed by atoms with Crippen LogP contribution >= 0.6 is 11.8 Å². The molecule has 2 aromatic carbocycles. The fraction of sp³-hybridized carbons (Fsp3) is 0.0952. The molecule has 0 aliphatic heterocycles. The minimum Gasteiger partial charge on any atom is -0.469 e. The fourth-order valence-electron chi connectivity index (χ4n) is 2.57. The summed E-state index contributed by atoms with van der Waals surface area (Å²) in [6, 6.07) is 18.4. The second-order valence-electron chi connectivity index (χ2n) is 6.01. The minimum absolute atomic E-state index is 0.117. The molecule has 0 spiro atoms. The van der Waals surface area contributed by atoms with Gasteiger partial charge in [-0.05, 0) is 37.3 Å². The van der Waals surface area contributed by atoms with Gasteiger partial charge >= 0.3 is 0 Å². The molecule has 0 saturated carbocycles. The molecule has 0 fully saturated rings. The van der Waals surface area contributed by atoms with Gasteiger partial charge in [-0.2, -0.15) is 0 Å². The molecule has 4 rings (SSSR count). The average Bonchev–Trinajstić information content (AvgIpc) is 3.37. The number of carbonyl (C=O) groups excluding carboxylic acids is 1. The zero-order valence-corrected chi connectivity index (χ0v) is 16.3. The highest BCUT2D eigenvalue weighted by Gasteiger charge is 2.15. The second kappa shape index (κ2) is 8.66. The number of carbonyl (C=O) groups is 1. The van der Waals surface area contributed by atoms with Crippen LogP contribution in [0.5, 0.6) is 11.5 Å². The molecule has 0 radical (unpaired) electrons. The lowest BCUT2D eigenvalue weighted by molar-refractivity contribution is -0.113. The molecule has 0 aliphatic rings. The Morgan fingerprint density at radius 3 is 2.66 bits per heavy atom. The van der Waals surface area contributed by atoms with Crippen LogP contribution in [0.15, 0.2) is 81.0 Å². The highest BCUT2D eigenvalue weighted by Crippen LogP contribution is 2.30. The molecule has 146 valence electrons. The topological polar surface area (TPSA) is 90.4 Å². The van der Waals surface area contributed by atoms with Gasteiger partial charge < -0.3 is 18.9 Å². The van der Waals surface area contributed by atoms with Crippen LogP contribution in [0.4, 0.5) is 5.69 Å². The van der Waals surface area contributed by atoms with E-state index in [0.717, 1.165) is 17.3 Å². The maximum atomic E-state index is 12.4. The predicted octanol–water partition coefficient (Wildman–Crippen LogP) is 5.16. The van der Waals surface area contributed by atoms with Crippen molar-refractivity contribution in [3.8, 4) is 23.0 Å². The van der Waals surface area contributed by atoms with Gasteiger partial charge in [-0.1, -0.05) is 42.1 Å². The molecule has 0 saturated heterocycles. The van der Waals surface area contributed by atoms with Gasteiger partial charge in [0, 0.05) is 0 Å². The summed E-state index contributed by atoms with van der Waals surface area (Å²) in [5.74, 6) is 2.22. The Morgan fingerprint density at radius 2 is 1.86 bits per heavy atom. The van der Waals surface area contributed by atoms with Gasteiger partial charge in [0.2, 0.25) is 5.91 Å². The number of para-hydroxylation sites is 3. The summed E-state index contributed by atoms with van der Waals surface area (Å²) in [6.07, 6.45) is 1.56. The number of ether oxygens (including phenoxy) is 1. The molecule has 1 N–H and O–H groups in total. The summed E-state index contributed by atoms with van der Waals surface area (Å²) in [5.41, 5.74) is 1.32. The van der Waals surface area contributed by atoms with Crippen molar-refractivity contribution in [1.82, 2.24) is 10.2 Å². The van der Waals surface area contributed by atoms with Crippen LogP contribution in [0.2, 0.25) is 0 Å². The molecule has 0 aliphatic carbocycles. The Labute approximate surface area is 171 Å². The molecule has 1 amide bonds. The third kappa shape index (κ3) is 4.67. The van der Waals surface area contributed by atoms with Crippen LogP contribution < -0.4 is 10.1 Å². The number of nitrogens with zero attached hydrogens (tertiary/aromatic N) is 2. The van der Waals surface area contributed by atoms with E-state index in [1.54, 1.807) is 24.5 Å². The summed E-state index contributed by atoms with van der Waals surface area (Å²) in [6.45, 7) is 1.81. The first-order valence-electron chi connectivity index (χ1n) is 8.81. The van der Waals surface area contributed by atoms with E-state index in [9.17, 15) is 4.79 Å². The van der Waals surface area contributed by atoms with Gasteiger partial charge in [0.15, 0.2) is 5.75 Å². The van der Waals surface area contributed by atoms with E-state index in [0.29, 0.717) is 34.1 Å². The van der Waals surface area contributed by atoms with Crippen LogP contribution in [0.25, 0.3) is 11.5 Å². The van der Waals surface area contributed by atoms with Crippen molar-refractivity contribution in [1.29, 1.82) is 0 Å². The first-order valence-corrected chi connectivity index (χ1v) is 9.80. The lowest BCUT2D eigenvalue weighted by atomic mass is 10.3. The predicted molar refractivity (Wildman–Crippen MR) is 109 cm³/mol. The molecular weight excluding hydrogens is 390 g/mol. The third-order valence-electron chi connectivity index (χ3n) is 3.95. The molecule has 8 heteroatoms. The van der Waals surface area contributed by atoms with E-state index in [4.69, 9.17) is 13.6 Å². The Balaban J connectivity index is 1.37. The number of anilines is 1. The summed E-state index contributed by atoms with van der Waals surface area (Å²) < 4.78 is 16.7. The number of hydrogen-bond donors (Lipinski definition) is 1. The lowest BCUT2D eigenvalue weighted by Gasteiger charge is -2.11. The van der Waals surface area contributed by atoms with Crippen LogP contribution in [0, 0.1) is 6.92 Å². The van der Waals surface area contributed by atoms with E-state index < -0.39 is 0 Å². The quantitative estimate of drug-likeness (QED) is 0.423. The Hall–Kier alpha value is -3.52. The number of rotatable bonds is 7. The Bertz CT molecular complexity index is 1110. The van der Waals surface area contributed by atoms with Crippen molar-refractivity contribution in [2.45, 2.75) is 12.1 Å². The fourth-order valence-corrected chi connectivity index (χ4v) is 3.13. The van der Waals surface area contributed by atoms with Gasteiger partial charge in [-0.25, -0.2) is 0 Å². The van der Waals surface area contributed by atoms with Gasteiger partial charge in [-0.15, -0.1) is 10.2 Å². The van der Waals surface area contributed by atoms with E-state index in [-0.39, 0.29) is 11.7 Å². The zero-order valence-electron chi connectivity index (χ0n) is 15.5. The number of thioether (sulfide) groups is 1. The molecule has 2 aromatic heterocycles. The first-order chi connectivity index (χ1) is 14.2. The molecule has 4 aromatic rings. The summed E-state index contributed by atoms with van der Waals surface area (Å²) in [5, 5.41) is 11.1. The molecule has 2 heterocycles. The van der Waals surface area contributed by atoms with E-state index in [1.165, 1.54) is 0 Å². The van der Waals surface area contributed by atoms with Gasteiger partial charge in [0.1, 0.15) is 11.5 Å². The van der Waals surface area contributed by atoms with Gasteiger partial charge in [0.25, 0.3) is 11.1 Å². The number of benzene rings is 2. The second-order valence-corrected chi connectivity index (χ2v) is 6.94. The highest BCUT2D eigenvalue weighted by molar-refractivity contribution is 7.99. The van der Waals surface area contributed by atoms with Crippen molar-refractivity contribution in [3.05, 3.63) is 72.7 Å². The van der Waals surface area contributed by atoms with Gasteiger partial charge in [-0.3, -0.25) is 4.79 Å².